The van der Waals surface area contributed by atoms with Crippen molar-refractivity contribution in [2.75, 3.05) is 13.1 Å². The third-order valence-electron chi connectivity index (χ3n) is 4.34. The number of rotatable bonds is 3. The van der Waals surface area contributed by atoms with Gasteiger partial charge in [0, 0.05) is 5.92 Å². The Morgan fingerprint density at radius 1 is 1.38 bits per heavy atom. The number of nitrogens with one attached hydrogen (secondary N) is 2. The molecule has 1 aromatic rings. The molecule has 0 aromatic carbocycles. The molecule has 1 spiro atoms. The molecular formula is C14H20Cl2FN3O. The monoisotopic (exact) mass is 335 g/mol. The van der Waals surface area contributed by atoms with Crippen molar-refractivity contribution in [1.29, 1.82) is 0 Å². The van der Waals surface area contributed by atoms with E-state index < -0.39 is 0 Å². The van der Waals surface area contributed by atoms with Gasteiger partial charge >= 0.3 is 0 Å². The van der Waals surface area contributed by atoms with Crippen molar-refractivity contribution in [2.24, 2.45) is 11.3 Å². The molecular weight excluding hydrogens is 316 g/mol. The lowest BCUT2D eigenvalue weighted by Crippen LogP contribution is -2.33. The van der Waals surface area contributed by atoms with Gasteiger partial charge in [-0.1, -0.05) is 0 Å². The molecule has 4 nitrogen and oxygen atoms in total. The summed E-state index contributed by atoms with van der Waals surface area (Å²) >= 11 is 0. The van der Waals surface area contributed by atoms with E-state index in [9.17, 15) is 9.18 Å². The maximum Gasteiger partial charge on any atom is 0.224 e. The van der Waals surface area contributed by atoms with E-state index in [0.717, 1.165) is 32.4 Å². The molecule has 1 saturated heterocycles. The van der Waals surface area contributed by atoms with Crippen LogP contribution in [0.15, 0.2) is 18.3 Å². The SMILES string of the molecule is Cl.Cl.O=C(NCc1ccc(F)cn1)C1CC12CCNCC2. The molecule has 21 heavy (non-hydrogen) atoms. The lowest BCUT2D eigenvalue weighted by Gasteiger charge is -2.23. The molecule has 1 aromatic heterocycles. The molecule has 1 amide bonds. The van der Waals surface area contributed by atoms with Crippen LogP contribution in [0.3, 0.4) is 0 Å². The first-order valence-corrected chi connectivity index (χ1v) is 6.78. The van der Waals surface area contributed by atoms with Crippen molar-refractivity contribution in [1.82, 2.24) is 15.6 Å². The Kier molecular flexibility index (Phi) is 6.38. The molecule has 2 heterocycles. The van der Waals surface area contributed by atoms with Gasteiger partial charge in [-0.25, -0.2) is 4.39 Å². The van der Waals surface area contributed by atoms with E-state index in [1.165, 1.54) is 12.3 Å². The van der Waals surface area contributed by atoms with Crippen LogP contribution < -0.4 is 10.6 Å². The molecule has 2 aliphatic rings. The normalized spacial score (nSPS) is 21.9. The zero-order valence-electron chi connectivity index (χ0n) is 11.6. The highest BCUT2D eigenvalue weighted by molar-refractivity contribution is 5.85. The second-order valence-corrected chi connectivity index (χ2v) is 5.55. The van der Waals surface area contributed by atoms with E-state index in [-0.39, 0.29) is 47.9 Å². The Morgan fingerprint density at radius 3 is 2.71 bits per heavy atom. The van der Waals surface area contributed by atoms with Crippen molar-refractivity contribution >= 4 is 30.7 Å². The van der Waals surface area contributed by atoms with Gasteiger partial charge < -0.3 is 10.6 Å². The summed E-state index contributed by atoms with van der Waals surface area (Å²) in [6.07, 6.45) is 4.38. The molecule has 0 radical (unpaired) electrons. The molecule has 1 saturated carbocycles. The molecule has 1 aliphatic heterocycles. The number of hydrogen-bond acceptors (Lipinski definition) is 3. The van der Waals surface area contributed by atoms with E-state index in [1.54, 1.807) is 6.07 Å². The van der Waals surface area contributed by atoms with Crippen LogP contribution in [0.5, 0.6) is 0 Å². The second-order valence-electron chi connectivity index (χ2n) is 5.55. The number of carbonyl (C=O) groups excluding carboxylic acids is 1. The summed E-state index contributed by atoms with van der Waals surface area (Å²) in [4.78, 5) is 16.0. The summed E-state index contributed by atoms with van der Waals surface area (Å²) in [5.74, 6) is -0.0750. The highest BCUT2D eigenvalue weighted by atomic mass is 35.5. The summed E-state index contributed by atoms with van der Waals surface area (Å²) in [5, 5.41) is 6.23. The average molecular weight is 336 g/mol. The predicted molar refractivity (Wildman–Crippen MR) is 83.2 cm³/mol. The Labute approximate surface area is 136 Å². The molecule has 7 heteroatoms. The molecule has 1 aliphatic carbocycles. The molecule has 118 valence electrons. The molecule has 3 rings (SSSR count). The van der Waals surface area contributed by atoms with Gasteiger partial charge in [-0.05, 0) is 49.9 Å². The maximum atomic E-state index is 12.7. The van der Waals surface area contributed by atoms with Gasteiger partial charge in [-0.3, -0.25) is 9.78 Å². The smallest absolute Gasteiger partial charge is 0.224 e. The number of amides is 1. The topological polar surface area (TPSA) is 54.0 Å². The summed E-state index contributed by atoms with van der Waals surface area (Å²) in [6, 6.07) is 2.96. The summed E-state index contributed by atoms with van der Waals surface area (Å²) in [7, 11) is 0. The Hall–Kier alpha value is -0.910. The minimum Gasteiger partial charge on any atom is -0.350 e. The Bertz CT molecular complexity index is 478. The fraction of sp³-hybridized carbons (Fsp3) is 0.571. The van der Waals surface area contributed by atoms with Crippen LogP contribution in [0.25, 0.3) is 0 Å². The lowest BCUT2D eigenvalue weighted by molar-refractivity contribution is -0.123. The standard InChI is InChI=1S/C14H18FN3O.2ClH/c15-10-1-2-11(17-8-10)9-18-13(19)12-7-14(12)3-5-16-6-4-14;;/h1-2,8,12,16H,3-7,9H2,(H,18,19);2*1H. The van der Waals surface area contributed by atoms with Gasteiger partial charge in [0.2, 0.25) is 5.91 Å². The van der Waals surface area contributed by atoms with Crippen molar-refractivity contribution in [3.63, 3.8) is 0 Å². The van der Waals surface area contributed by atoms with Crippen LogP contribution in [0.2, 0.25) is 0 Å². The van der Waals surface area contributed by atoms with Crippen molar-refractivity contribution in [3.05, 3.63) is 29.8 Å². The quantitative estimate of drug-likeness (QED) is 0.889. The van der Waals surface area contributed by atoms with E-state index in [2.05, 4.69) is 15.6 Å². The van der Waals surface area contributed by atoms with Crippen LogP contribution in [-0.2, 0) is 11.3 Å². The maximum absolute atomic E-state index is 12.7. The lowest BCUT2D eigenvalue weighted by atomic mass is 9.92. The van der Waals surface area contributed by atoms with Crippen LogP contribution in [0.4, 0.5) is 4.39 Å². The van der Waals surface area contributed by atoms with Crippen molar-refractivity contribution < 1.29 is 9.18 Å². The fourth-order valence-corrected chi connectivity index (χ4v) is 3.01. The van der Waals surface area contributed by atoms with Crippen LogP contribution in [0.1, 0.15) is 25.0 Å². The van der Waals surface area contributed by atoms with E-state index in [0.29, 0.717) is 12.2 Å². The largest absolute Gasteiger partial charge is 0.350 e. The summed E-state index contributed by atoms with van der Waals surface area (Å²) < 4.78 is 12.7. The summed E-state index contributed by atoms with van der Waals surface area (Å²) in [6.45, 7) is 2.41. The van der Waals surface area contributed by atoms with Gasteiger partial charge in [0.05, 0.1) is 18.4 Å². The number of hydrogen-bond donors (Lipinski definition) is 2. The van der Waals surface area contributed by atoms with Gasteiger partial charge in [-0.15, -0.1) is 24.8 Å². The van der Waals surface area contributed by atoms with E-state index in [4.69, 9.17) is 0 Å². The van der Waals surface area contributed by atoms with Crippen LogP contribution in [0, 0.1) is 17.2 Å². The third-order valence-corrected chi connectivity index (χ3v) is 4.34. The zero-order chi connectivity index (χ0) is 13.3. The average Bonchev–Trinajstić information content (AvgIpc) is 3.12. The highest BCUT2D eigenvalue weighted by Gasteiger charge is 2.57. The number of aromatic nitrogens is 1. The van der Waals surface area contributed by atoms with Gasteiger partial charge in [-0.2, -0.15) is 0 Å². The number of nitrogens with zero attached hydrogens (tertiary/aromatic N) is 1. The predicted octanol–water partition coefficient (Wildman–Crippen LogP) is 2.07. The molecule has 1 atom stereocenters. The third kappa shape index (κ3) is 4.05. The van der Waals surface area contributed by atoms with Crippen molar-refractivity contribution in [3.8, 4) is 0 Å². The first kappa shape index (κ1) is 18.1. The summed E-state index contributed by atoms with van der Waals surface area (Å²) in [5.41, 5.74) is 0.945. The van der Waals surface area contributed by atoms with Gasteiger partial charge in [0.1, 0.15) is 5.82 Å². The molecule has 1 unspecified atom stereocenters. The minimum absolute atomic E-state index is 0. The number of halogens is 3. The molecule has 0 bridgehead atoms. The first-order valence-electron chi connectivity index (χ1n) is 6.78. The molecule has 2 fully saturated rings. The zero-order valence-corrected chi connectivity index (χ0v) is 13.2. The van der Waals surface area contributed by atoms with Crippen LogP contribution in [-0.4, -0.2) is 24.0 Å². The van der Waals surface area contributed by atoms with E-state index in [1.807, 2.05) is 0 Å². The van der Waals surface area contributed by atoms with Crippen LogP contribution >= 0.6 is 24.8 Å². The van der Waals surface area contributed by atoms with Crippen molar-refractivity contribution in [2.45, 2.75) is 25.8 Å². The molecule has 2 N–H and O–H groups in total. The highest BCUT2D eigenvalue weighted by Crippen LogP contribution is 2.58. The number of carbonyl (C=O) groups is 1. The fourth-order valence-electron chi connectivity index (χ4n) is 3.01. The minimum atomic E-state index is -0.356. The Morgan fingerprint density at radius 2 is 2.10 bits per heavy atom. The first-order chi connectivity index (χ1) is 9.20. The number of pyridine rings is 1. The van der Waals surface area contributed by atoms with Gasteiger partial charge in [0.25, 0.3) is 0 Å². The Balaban J connectivity index is 0.00000110. The number of piperidine rings is 1. The second kappa shape index (κ2) is 7.38. The van der Waals surface area contributed by atoms with Gasteiger partial charge in [0.15, 0.2) is 0 Å². The van der Waals surface area contributed by atoms with E-state index >= 15 is 0 Å².